The minimum absolute atomic E-state index is 0.0854. The Balaban J connectivity index is 1.81. The molecule has 2 aromatic rings. The molecule has 3 N–H and O–H groups in total. The lowest BCUT2D eigenvalue weighted by atomic mass is 10.1. The Kier molecular flexibility index (Phi) is 4.94. The number of rotatable bonds is 6. The van der Waals surface area contributed by atoms with Gasteiger partial charge in [0.05, 0.1) is 5.56 Å². The first-order valence-corrected chi connectivity index (χ1v) is 6.51. The molecule has 1 aromatic carbocycles. The molecule has 20 heavy (non-hydrogen) atoms. The van der Waals surface area contributed by atoms with Crippen molar-refractivity contribution < 1.29 is 4.79 Å². The Morgan fingerprint density at radius 3 is 2.65 bits per heavy atom. The number of carbonyl (C=O) groups is 1. The summed E-state index contributed by atoms with van der Waals surface area (Å²) in [6.07, 6.45) is 1.73. The Hall–Kier alpha value is -2.56. The third-order valence-electron chi connectivity index (χ3n) is 2.82. The predicted molar refractivity (Wildman–Crippen MR) is 81.0 cm³/mol. The van der Waals surface area contributed by atoms with Gasteiger partial charge in [-0.3, -0.25) is 4.79 Å². The molecule has 0 unspecified atom stereocenters. The first-order valence-electron chi connectivity index (χ1n) is 6.51. The first-order chi connectivity index (χ1) is 9.81. The molecule has 0 radical (unpaired) electrons. The van der Waals surface area contributed by atoms with E-state index in [0.717, 1.165) is 11.5 Å². The van der Waals surface area contributed by atoms with Crippen LogP contribution < -0.4 is 16.0 Å². The van der Waals surface area contributed by atoms with E-state index in [4.69, 9.17) is 0 Å². The second-order valence-electron chi connectivity index (χ2n) is 4.19. The molecule has 2 rings (SSSR count). The van der Waals surface area contributed by atoms with Gasteiger partial charge in [0.25, 0.3) is 5.91 Å². The smallest absolute Gasteiger partial charge is 0.253 e. The van der Waals surface area contributed by atoms with Crippen molar-refractivity contribution >= 4 is 17.4 Å². The number of amides is 1. The summed E-state index contributed by atoms with van der Waals surface area (Å²) in [6.45, 7) is 1.16. The molecule has 1 aromatic heterocycles. The lowest BCUT2D eigenvalue weighted by Gasteiger charge is -2.10. The number of nitrogens with zero attached hydrogens (tertiary/aromatic N) is 1. The molecule has 0 aliphatic heterocycles. The maximum Gasteiger partial charge on any atom is 0.253 e. The second-order valence-corrected chi connectivity index (χ2v) is 4.19. The van der Waals surface area contributed by atoms with E-state index in [1.165, 1.54) is 0 Å². The van der Waals surface area contributed by atoms with Gasteiger partial charge in [0, 0.05) is 32.0 Å². The number of anilines is 2. The lowest BCUT2D eigenvalue weighted by Crippen LogP contribution is -2.29. The Morgan fingerprint density at radius 1 is 1.10 bits per heavy atom. The molecule has 104 valence electrons. The number of hydrogen-bond donors (Lipinski definition) is 3. The van der Waals surface area contributed by atoms with Crippen molar-refractivity contribution in [3.8, 4) is 0 Å². The van der Waals surface area contributed by atoms with Crippen LogP contribution in [0.2, 0.25) is 0 Å². The first kappa shape index (κ1) is 13.9. The van der Waals surface area contributed by atoms with Gasteiger partial charge in [-0.25, -0.2) is 4.98 Å². The molecule has 0 fully saturated rings. The summed E-state index contributed by atoms with van der Waals surface area (Å²) in [5, 5.41) is 9.02. The van der Waals surface area contributed by atoms with Gasteiger partial charge < -0.3 is 16.0 Å². The van der Waals surface area contributed by atoms with Crippen molar-refractivity contribution in [2.24, 2.45) is 0 Å². The number of pyridine rings is 1. The van der Waals surface area contributed by atoms with Crippen LogP contribution in [-0.4, -0.2) is 31.0 Å². The van der Waals surface area contributed by atoms with Crippen molar-refractivity contribution in [2.75, 3.05) is 30.8 Å². The molecule has 0 spiro atoms. The van der Waals surface area contributed by atoms with Gasteiger partial charge in [-0.05, 0) is 24.3 Å². The van der Waals surface area contributed by atoms with Crippen LogP contribution in [-0.2, 0) is 0 Å². The SMILES string of the molecule is CNc1ccccc1C(=O)NCCNc1ccccn1. The second kappa shape index (κ2) is 7.13. The average Bonchev–Trinajstić information content (AvgIpc) is 2.52. The van der Waals surface area contributed by atoms with Crippen LogP contribution in [0.1, 0.15) is 10.4 Å². The van der Waals surface area contributed by atoms with E-state index < -0.39 is 0 Å². The fraction of sp³-hybridized carbons (Fsp3) is 0.200. The van der Waals surface area contributed by atoms with Gasteiger partial charge in [0.15, 0.2) is 0 Å². The minimum Gasteiger partial charge on any atom is -0.387 e. The van der Waals surface area contributed by atoms with E-state index in [-0.39, 0.29) is 5.91 Å². The van der Waals surface area contributed by atoms with Crippen LogP contribution in [0.5, 0.6) is 0 Å². The normalized spacial score (nSPS) is 9.85. The summed E-state index contributed by atoms with van der Waals surface area (Å²) in [7, 11) is 1.80. The third kappa shape index (κ3) is 3.71. The molecule has 0 atom stereocenters. The predicted octanol–water partition coefficient (Wildman–Crippen LogP) is 1.97. The van der Waals surface area contributed by atoms with Crippen LogP contribution in [0.15, 0.2) is 48.7 Å². The van der Waals surface area contributed by atoms with E-state index in [0.29, 0.717) is 18.7 Å². The van der Waals surface area contributed by atoms with E-state index in [1.807, 2.05) is 36.4 Å². The number of carbonyl (C=O) groups excluding carboxylic acids is 1. The molecular formula is C15H18N4O. The van der Waals surface area contributed by atoms with Crippen LogP contribution in [0.3, 0.4) is 0 Å². The number of para-hydroxylation sites is 1. The molecule has 0 bridgehead atoms. The van der Waals surface area contributed by atoms with Crippen molar-refractivity contribution in [2.45, 2.75) is 0 Å². The van der Waals surface area contributed by atoms with E-state index in [2.05, 4.69) is 20.9 Å². The van der Waals surface area contributed by atoms with Crippen molar-refractivity contribution in [1.82, 2.24) is 10.3 Å². The monoisotopic (exact) mass is 270 g/mol. The summed E-state index contributed by atoms with van der Waals surface area (Å²) in [5.74, 6) is 0.718. The van der Waals surface area contributed by atoms with E-state index >= 15 is 0 Å². The fourth-order valence-electron chi connectivity index (χ4n) is 1.83. The summed E-state index contributed by atoms with van der Waals surface area (Å²) in [6, 6.07) is 13.1. The van der Waals surface area contributed by atoms with Crippen LogP contribution >= 0.6 is 0 Å². The minimum atomic E-state index is -0.0854. The van der Waals surface area contributed by atoms with Gasteiger partial charge >= 0.3 is 0 Å². The molecule has 0 saturated carbocycles. The largest absolute Gasteiger partial charge is 0.387 e. The van der Waals surface area contributed by atoms with Crippen LogP contribution in [0.25, 0.3) is 0 Å². The molecule has 5 nitrogen and oxygen atoms in total. The number of hydrogen-bond acceptors (Lipinski definition) is 4. The number of aromatic nitrogens is 1. The molecule has 0 saturated heterocycles. The van der Waals surface area contributed by atoms with E-state index in [9.17, 15) is 4.79 Å². The highest BCUT2D eigenvalue weighted by molar-refractivity contribution is 5.99. The topological polar surface area (TPSA) is 66.1 Å². The molecule has 0 aliphatic carbocycles. The van der Waals surface area contributed by atoms with Gasteiger partial charge in [-0.2, -0.15) is 0 Å². The summed E-state index contributed by atoms with van der Waals surface area (Å²) >= 11 is 0. The maximum absolute atomic E-state index is 12.0. The molecule has 1 heterocycles. The zero-order valence-electron chi connectivity index (χ0n) is 11.4. The maximum atomic E-state index is 12.0. The lowest BCUT2D eigenvalue weighted by molar-refractivity contribution is 0.0956. The third-order valence-corrected chi connectivity index (χ3v) is 2.82. The highest BCUT2D eigenvalue weighted by Gasteiger charge is 2.08. The molecule has 0 aliphatic rings. The van der Waals surface area contributed by atoms with Gasteiger partial charge in [-0.15, -0.1) is 0 Å². The zero-order valence-corrected chi connectivity index (χ0v) is 11.4. The van der Waals surface area contributed by atoms with Crippen LogP contribution in [0.4, 0.5) is 11.5 Å². The van der Waals surface area contributed by atoms with Crippen LogP contribution in [0, 0.1) is 0 Å². The molecule has 5 heteroatoms. The summed E-state index contributed by atoms with van der Waals surface area (Å²) < 4.78 is 0. The van der Waals surface area contributed by atoms with Crippen molar-refractivity contribution in [3.63, 3.8) is 0 Å². The molecular weight excluding hydrogens is 252 g/mol. The standard InChI is InChI=1S/C15H18N4O/c1-16-13-7-3-2-6-12(13)15(20)19-11-10-18-14-8-4-5-9-17-14/h2-9,16H,10-11H2,1H3,(H,17,18)(H,19,20). The summed E-state index contributed by atoms with van der Waals surface area (Å²) in [4.78, 5) is 16.2. The van der Waals surface area contributed by atoms with Crippen molar-refractivity contribution in [1.29, 1.82) is 0 Å². The quantitative estimate of drug-likeness (QED) is 0.702. The summed E-state index contributed by atoms with van der Waals surface area (Å²) in [5.41, 5.74) is 1.47. The van der Waals surface area contributed by atoms with Gasteiger partial charge in [0.1, 0.15) is 5.82 Å². The zero-order chi connectivity index (χ0) is 14.2. The highest BCUT2D eigenvalue weighted by atomic mass is 16.1. The van der Waals surface area contributed by atoms with Crippen molar-refractivity contribution in [3.05, 3.63) is 54.2 Å². The molecule has 1 amide bonds. The Labute approximate surface area is 118 Å². The fourth-order valence-corrected chi connectivity index (χ4v) is 1.83. The number of benzene rings is 1. The van der Waals surface area contributed by atoms with E-state index in [1.54, 1.807) is 19.3 Å². The van der Waals surface area contributed by atoms with Gasteiger partial charge in [-0.1, -0.05) is 18.2 Å². The average molecular weight is 270 g/mol. The Bertz CT molecular complexity index is 557. The van der Waals surface area contributed by atoms with Gasteiger partial charge in [0.2, 0.25) is 0 Å². The Morgan fingerprint density at radius 2 is 1.90 bits per heavy atom. The number of nitrogens with one attached hydrogen (secondary N) is 3. The highest BCUT2D eigenvalue weighted by Crippen LogP contribution is 2.13.